The number of amides is 2. The predicted molar refractivity (Wildman–Crippen MR) is 96.7 cm³/mol. The van der Waals surface area contributed by atoms with Crippen LogP contribution in [0.15, 0.2) is 41.5 Å². The molecule has 2 aromatic carbocycles. The number of rotatable bonds is 3. The largest absolute Gasteiger partial charge is 0.329 e. The molecular formula is C17H15Cl2N3O2. The van der Waals surface area contributed by atoms with Crippen LogP contribution in [-0.4, -0.2) is 18.0 Å². The highest BCUT2D eigenvalue weighted by Crippen LogP contribution is 2.21. The first kappa shape index (κ1) is 18.0. The molecule has 0 aliphatic heterocycles. The average molecular weight is 364 g/mol. The van der Waals surface area contributed by atoms with Crippen molar-refractivity contribution in [3.05, 3.63) is 63.1 Å². The number of benzene rings is 2. The first-order valence-electron chi connectivity index (χ1n) is 7.03. The average Bonchev–Trinajstić information content (AvgIpc) is 2.54. The molecular weight excluding hydrogens is 349 g/mol. The van der Waals surface area contributed by atoms with Gasteiger partial charge in [0.1, 0.15) is 0 Å². The number of hydrogen-bond donors (Lipinski definition) is 2. The molecule has 5 nitrogen and oxygen atoms in total. The van der Waals surface area contributed by atoms with Gasteiger partial charge in [-0.25, -0.2) is 5.43 Å². The van der Waals surface area contributed by atoms with Crippen molar-refractivity contribution in [1.82, 2.24) is 5.43 Å². The number of carbonyl (C=O) groups is 2. The maximum atomic E-state index is 11.8. The standard InChI is InChI=1S/C17H15Cl2N3O2/c1-10-3-5-13(7-11(10)2)21-16(23)17(24)22-20-9-12-4-6-14(18)15(19)8-12/h3-9H,1-2H3,(H,21,23)(H,22,24)/b20-9-. The molecule has 2 N–H and O–H groups in total. The Morgan fingerprint density at radius 3 is 2.38 bits per heavy atom. The highest BCUT2D eigenvalue weighted by Gasteiger charge is 2.13. The molecule has 0 saturated heterocycles. The van der Waals surface area contributed by atoms with E-state index in [1.165, 1.54) is 6.21 Å². The molecule has 2 amide bonds. The van der Waals surface area contributed by atoms with E-state index in [1.807, 2.05) is 19.9 Å². The summed E-state index contributed by atoms with van der Waals surface area (Å²) in [5.41, 5.74) is 5.46. The third-order valence-corrected chi connectivity index (χ3v) is 4.03. The van der Waals surface area contributed by atoms with E-state index in [1.54, 1.807) is 30.3 Å². The number of nitrogens with zero attached hydrogens (tertiary/aromatic N) is 1. The van der Waals surface area contributed by atoms with Crippen LogP contribution in [0.3, 0.4) is 0 Å². The summed E-state index contributed by atoms with van der Waals surface area (Å²) in [7, 11) is 0. The fourth-order valence-corrected chi connectivity index (χ4v) is 2.12. The molecule has 0 fully saturated rings. The van der Waals surface area contributed by atoms with Crippen molar-refractivity contribution in [2.75, 3.05) is 5.32 Å². The Morgan fingerprint density at radius 1 is 0.958 bits per heavy atom. The Bertz CT molecular complexity index is 819. The summed E-state index contributed by atoms with van der Waals surface area (Å²) in [6.07, 6.45) is 1.36. The molecule has 2 rings (SSSR count). The molecule has 0 atom stereocenters. The smallest absolute Gasteiger partial charge is 0.318 e. The van der Waals surface area contributed by atoms with Crippen molar-refractivity contribution < 1.29 is 9.59 Å². The minimum absolute atomic E-state index is 0.374. The lowest BCUT2D eigenvalue weighted by atomic mass is 10.1. The van der Waals surface area contributed by atoms with E-state index >= 15 is 0 Å². The third-order valence-electron chi connectivity index (χ3n) is 3.29. The van der Waals surface area contributed by atoms with Gasteiger partial charge >= 0.3 is 11.8 Å². The number of anilines is 1. The number of hydrazone groups is 1. The molecule has 124 valence electrons. The van der Waals surface area contributed by atoms with Gasteiger partial charge in [-0.2, -0.15) is 5.10 Å². The number of hydrogen-bond acceptors (Lipinski definition) is 3. The van der Waals surface area contributed by atoms with Crippen molar-refractivity contribution in [2.45, 2.75) is 13.8 Å². The van der Waals surface area contributed by atoms with Gasteiger partial charge in [-0.3, -0.25) is 9.59 Å². The highest BCUT2D eigenvalue weighted by atomic mass is 35.5. The van der Waals surface area contributed by atoms with Gasteiger partial charge in [0.05, 0.1) is 16.3 Å². The second-order valence-electron chi connectivity index (χ2n) is 5.13. The van der Waals surface area contributed by atoms with Crippen LogP contribution in [0.4, 0.5) is 5.69 Å². The summed E-state index contributed by atoms with van der Waals surface area (Å²) in [5.74, 6) is -1.67. The summed E-state index contributed by atoms with van der Waals surface area (Å²) < 4.78 is 0. The van der Waals surface area contributed by atoms with Crippen LogP contribution in [0, 0.1) is 13.8 Å². The Morgan fingerprint density at radius 2 is 1.71 bits per heavy atom. The molecule has 24 heavy (non-hydrogen) atoms. The van der Waals surface area contributed by atoms with Crippen LogP contribution >= 0.6 is 23.2 Å². The van der Waals surface area contributed by atoms with Gasteiger partial charge in [0, 0.05) is 5.69 Å². The van der Waals surface area contributed by atoms with Gasteiger partial charge in [0.25, 0.3) is 0 Å². The zero-order valence-corrected chi connectivity index (χ0v) is 14.6. The van der Waals surface area contributed by atoms with Gasteiger partial charge in [-0.05, 0) is 54.8 Å². The Balaban J connectivity index is 1.93. The lowest BCUT2D eigenvalue weighted by Crippen LogP contribution is -2.32. The van der Waals surface area contributed by atoms with Crippen molar-refractivity contribution >= 4 is 46.9 Å². The maximum absolute atomic E-state index is 11.8. The van der Waals surface area contributed by atoms with E-state index in [4.69, 9.17) is 23.2 Å². The van der Waals surface area contributed by atoms with Crippen LogP contribution in [0.1, 0.15) is 16.7 Å². The fraction of sp³-hybridized carbons (Fsp3) is 0.118. The molecule has 7 heteroatoms. The molecule has 0 bridgehead atoms. The van der Waals surface area contributed by atoms with Crippen molar-refractivity contribution in [2.24, 2.45) is 5.10 Å². The van der Waals surface area contributed by atoms with Gasteiger partial charge in [0.15, 0.2) is 0 Å². The minimum Gasteiger partial charge on any atom is -0.318 e. The van der Waals surface area contributed by atoms with Crippen molar-refractivity contribution in [1.29, 1.82) is 0 Å². The topological polar surface area (TPSA) is 70.6 Å². The first-order chi connectivity index (χ1) is 11.4. The normalized spacial score (nSPS) is 10.7. The Kier molecular flexibility index (Phi) is 5.95. The van der Waals surface area contributed by atoms with Crippen LogP contribution in [0.2, 0.25) is 10.0 Å². The number of aryl methyl sites for hydroxylation is 2. The Hall–Kier alpha value is -2.37. The Labute approximate surface area is 149 Å². The molecule has 0 aromatic heterocycles. The van der Waals surface area contributed by atoms with E-state index < -0.39 is 11.8 Å². The number of nitrogens with one attached hydrogen (secondary N) is 2. The minimum atomic E-state index is -0.871. The SMILES string of the molecule is Cc1ccc(NC(=O)C(=O)N/N=C\c2ccc(Cl)c(Cl)c2)cc1C. The molecule has 0 radical (unpaired) electrons. The highest BCUT2D eigenvalue weighted by molar-refractivity contribution is 6.42. The van der Waals surface area contributed by atoms with E-state index in [0.717, 1.165) is 11.1 Å². The number of halogens is 2. The van der Waals surface area contributed by atoms with E-state index in [9.17, 15) is 9.59 Å². The number of carbonyl (C=O) groups excluding carboxylic acids is 2. The lowest BCUT2D eigenvalue weighted by Gasteiger charge is -2.06. The van der Waals surface area contributed by atoms with Gasteiger partial charge in [-0.1, -0.05) is 35.3 Å². The van der Waals surface area contributed by atoms with Gasteiger partial charge in [0.2, 0.25) is 0 Å². The van der Waals surface area contributed by atoms with Crippen LogP contribution in [-0.2, 0) is 9.59 Å². The van der Waals surface area contributed by atoms with E-state index in [-0.39, 0.29) is 0 Å². The molecule has 0 heterocycles. The second-order valence-corrected chi connectivity index (χ2v) is 5.94. The van der Waals surface area contributed by atoms with Crippen LogP contribution in [0.25, 0.3) is 0 Å². The zero-order chi connectivity index (χ0) is 17.7. The molecule has 0 aliphatic rings. The van der Waals surface area contributed by atoms with E-state index in [2.05, 4.69) is 15.8 Å². The summed E-state index contributed by atoms with van der Waals surface area (Å²) in [4.78, 5) is 23.5. The molecule has 0 spiro atoms. The molecule has 0 unspecified atom stereocenters. The predicted octanol–water partition coefficient (Wildman–Crippen LogP) is 3.70. The van der Waals surface area contributed by atoms with Gasteiger partial charge in [-0.15, -0.1) is 0 Å². The first-order valence-corrected chi connectivity index (χ1v) is 7.79. The fourth-order valence-electron chi connectivity index (χ4n) is 1.82. The molecule has 0 aliphatic carbocycles. The monoisotopic (exact) mass is 363 g/mol. The summed E-state index contributed by atoms with van der Waals surface area (Å²) >= 11 is 11.7. The van der Waals surface area contributed by atoms with Crippen molar-refractivity contribution in [3.63, 3.8) is 0 Å². The third kappa shape index (κ3) is 4.81. The molecule has 0 saturated carbocycles. The van der Waals surface area contributed by atoms with E-state index in [0.29, 0.717) is 21.3 Å². The summed E-state index contributed by atoms with van der Waals surface area (Å²) in [6.45, 7) is 3.89. The van der Waals surface area contributed by atoms with Crippen molar-refractivity contribution in [3.8, 4) is 0 Å². The van der Waals surface area contributed by atoms with Crippen LogP contribution in [0.5, 0.6) is 0 Å². The second kappa shape index (κ2) is 7.95. The van der Waals surface area contributed by atoms with Gasteiger partial charge < -0.3 is 5.32 Å². The maximum Gasteiger partial charge on any atom is 0.329 e. The summed E-state index contributed by atoms with van der Waals surface area (Å²) in [6, 6.07) is 10.3. The zero-order valence-electron chi connectivity index (χ0n) is 13.1. The lowest BCUT2D eigenvalue weighted by molar-refractivity contribution is -0.136. The molecule has 2 aromatic rings. The van der Waals surface area contributed by atoms with Crippen LogP contribution < -0.4 is 10.7 Å². The quantitative estimate of drug-likeness (QED) is 0.495. The summed E-state index contributed by atoms with van der Waals surface area (Å²) in [5, 5.41) is 7.03.